The number of hydrogen-bond donors (Lipinski definition) is 1. The van der Waals surface area contributed by atoms with Crippen LogP contribution < -0.4 is 10.6 Å². The van der Waals surface area contributed by atoms with Crippen molar-refractivity contribution in [1.29, 1.82) is 0 Å². The molecule has 1 fully saturated rings. The number of rotatable bonds is 3. The van der Waals surface area contributed by atoms with E-state index in [2.05, 4.69) is 26.9 Å². The van der Waals surface area contributed by atoms with Crippen LogP contribution in [0.4, 0.5) is 11.5 Å². The minimum atomic E-state index is 0.513. The smallest absolute Gasteiger partial charge is 0.182 e. The van der Waals surface area contributed by atoms with Crippen molar-refractivity contribution in [2.75, 3.05) is 17.2 Å². The molecule has 1 saturated heterocycles. The number of anilines is 2. The van der Waals surface area contributed by atoms with E-state index in [4.69, 9.17) is 5.73 Å². The fraction of sp³-hybridized carbons (Fsp3) is 0.562. The first kappa shape index (κ1) is 14.8. The lowest BCUT2D eigenvalue weighted by Gasteiger charge is -2.36. The Morgan fingerprint density at radius 1 is 1.23 bits per heavy atom. The molecule has 0 spiro atoms. The number of nitrogen functional groups attached to an aromatic ring is 1. The second-order valence-corrected chi connectivity index (χ2v) is 6.02. The molecule has 1 aliphatic rings. The molecule has 1 atom stereocenters. The molecular formula is C16H24N6. The van der Waals surface area contributed by atoms with Gasteiger partial charge in [0.1, 0.15) is 12.0 Å². The van der Waals surface area contributed by atoms with Crippen molar-refractivity contribution in [3.8, 4) is 5.82 Å². The Balaban J connectivity index is 2.03. The summed E-state index contributed by atoms with van der Waals surface area (Å²) in [6.07, 6.45) is 6.38. The number of aryl methyl sites for hydroxylation is 2. The van der Waals surface area contributed by atoms with Gasteiger partial charge in [0.25, 0.3) is 0 Å². The van der Waals surface area contributed by atoms with Gasteiger partial charge in [-0.2, -0.15) is 5.10 Å². The molecule has 0 radical (unpaired) electrons. The second kappa shape index (κ2) is 5.94. The number of aromatic nitrogens is 4. The lowest BCUT2D eigenvalue weighted by Crippen LogP contribution is -2.40. The van der Waals surface area contributed by atoms with Crippen LogP contribution in [0, 0.1) is 13.8 Å². The molecule has 0 saturated carbocycles. The summed E-state index contributed by atoms with van der Waals surface area (Å²) in [5.41, 5.74) is 9.02. The molecule has 0 bridgehead atoms. The quantitative estimate of drug-likeness (QED) is 0.943. The van der Waals surface area contributed by atoms with Gasteiger partial charge < -0.3 is 10.6 Å². The molecule has 3 rings (SSSR count). The van der Waals surface area contributed by atoms with Crippen molar-refractivity contribution >= 4 is 11.5 Å². The maximum absolute atomic E-state index is 6.41. The summed E-state index contributed by atoms with van der Waals surface area (Å²) < 4.78 is 1.81. The Labute approximate surface area is 131 Å². The predicted octanol–water partition coefficient (Wildman–Crippen LogP) is 2.63. The van der Waals surface area contributed by atoms with Crippen molar-refractivity contribution in [2.45, 2.75) is 52.5 Å². The van der Waals surface area contributed by atoms with Gasteiger partial charge in [-0.1, -0.05) is 6.92 Å². The summed E-state index contributed by atoms with van der Waals surface area (Å²) in [4.78, 5) is 11.2. The lowest BCUT2D eigenvalue weighted by atomic mass is 10.00. The molecule has 2 aromatic heterocycles. The largest absolute Gasteiger partial charge is 0.393 e. The van der Waals surface area contributed by atoms with Crippen LogP contribution >= 0.6 is 0 Å². The van der Waals surface area contributed by atoms with Gasteiger partial charge >= 0.3 is 0 Å². The lowest BCUT2D eigenvalue weighted by molar-refractivity contribution is 0.447. The third kappa shape index (κ3) is 2.53. The highest BCUT2D eigenvalue weighted by Gasteiger charge is 2.25. The maximum atomic E-state index is 6.41. The van der Waals surface area contributed by atoms with Gasteiger partial charge in [-0.3, -0.25) is 0 Å². The van der Waals surface area contributed by atoms with E-state index < -0.39 is 0 Å². The monoisotopic (exact) mass is 300 g/mol. The molecular weight excluding hydrogens is 276 g/mol. The molecule has 1 unspecified atom stereocenters. The fourth-order valence-corrected chi connectivity index (χ4v) is 3.32. The molecule has 6 nitrogen and oxygen atoms in total. The summed E-state index contributed by atoms with van der Waals surface area (Å²) in [5.74, 6) is 1.53. The van der Waals surface area contributed by atoms with Crippen LogP contribution in [0.3, 0.4) is 0 Å². The standard InChI is InChI=1S/C16H24N6/c1-4-13-7-5-6-8-21(13)15-14(17)16(19-10-18-15)22-12(3)9-11(2)20-22/h9-10,13H,4-8,17H2,1-3H3. The van der Waals surface area contributed by atoms with Gasteiger partial charge in [-0.25, -0.2) is 14.6 Å². The molecule has 2 N–H and O–H groups in total. The van der Waals surface area contributed by atoms with Crippen molar-refractivity contribution in [2.24, 2.45) is 0 Å². The maximum Gasteiger partial charge on any atom is 0.182 e. The number of nitrogens with two attached hydrogens (primary N) is 1. The van der Waals surface area contributed by atoms with E-state index in [-0.39, 0.29) is 0 Å². The summed E-state index contributed by atoms with van der Waals surface area (Å²) >= 11 is 0. The Hall–Kier alpha value is -2.11. The highest BCUT2D eigenvalue weighted by atomic mass is 15.3. The highest BCUT2D eigenvalue weighted by Crippen LogP contribution is 2.31. The van der Waals surface area contributed by atoms with E-state index in [9.17, 15) is 0 Å². The molecule has 0 aromatic carbocycles. The zero-order chi connectivity index (χ0) is 15.7. The molecule has 6 heteroatoms. The molecule has 2 aromatic rings. The topological polar surface area (TPSA) is 72.9 Å². The van der Waals surface area contributed by atoms with E-state index in [1.165, 1.54) is 19.3 Å². The first-order valence-corrected chi connectivity index (χ1v) is 8.02. The zero-order valence-electron chi connectivity index (χ0n) is 13.6. The molecule has 3 heterocycles. The second-order valence-electron chi connectivity index (χ2n) is 6.02. The third-order valence-corrected chi connectivity index (χ3v) is 4.42. The minimum Gasteiger partial charge on any atom is -0.393 e. The van der Waals surface area contributed by atoms with Gasteiger partial charge in [-0.05, 0) is 45.6 Å². The Kier molecular flexibility index (Phi) is 4.00. The van der Waals surface area contributed by atoms with Crippen molar-refractivity contribution in [1.82, 2.24) is 19.7 Å². The van der Waals surface area contributed by atoms with E-state index >= 15 is 0 Å². The molecule has 118 valence electrons. The first-order valence-electron chi connectivity index (χ1n) is 8.02. The number of piperidine rings is 1. The van der Waals surface area contributed by atoms with Crippen LogP contribution in [0.25, 0.3) is 5.82 Å². The summed E-state index contributed by atoms with van der Waals surface area (Å²) in [6.45, 7) is 7.22. The van der Waals surface area contributed by atoms with Gasteiger partial charge in [0.2, 0.25) is 0 Å². The van der Waals surface area contributed by atoms with Crippen LogP contribution in [0.15, 0.2) is 12.4 Å². The van der Waals surface area contributed by atoms with Crippen LogP contribution in [-0.2, 0) is 0 Å². The number of hydrogen-bond acceptors (Lipinski definition) is 5. The SMILES string of the molecule is CCC1CCCCN1c1ncnc(-n2nc(C)cc2C)c1N. The summed E-state index contributed by atoms with van der Waals surface area (Å²) in [6, 6.07) is 2.54. The average molecular weight is 300 g/mol. The van der Waals surface area contributed by atoms with E-state index in [1.807, 2.05) is 19.9 Å². The normalized spacial score (nSPS) is 18.7. The van der Waals surface area contributed by atoms with Crippen LogP contribution in [-0.4, -0.2) is 32.3 Å². The van der Waals surface area contributed by atoms with Crippen LogP contribution in [0.2, 0.25) is 0 Å². The van der Waals surface area contributed by atoms with Gasteiger partial charge in [0.15, 0.2) is 11.6 Å². The Bertz CT molecular complexity index is 663. The van der Waals surface area contributed by atoms with Gasteiger partial charge in [-0.15, -0.1) is 0 Å². The predicted molar refractivity (Wildman–Crippen MR) is 88.3 cm³/mol. The van der Waals surface area contributed by atoms with Crippen LogP contribution in [0.1, 0.15) is 44.0 Å². The van der Waals surface area contributed by atoms with Crippen LogP contribution in [0.5, 0.6) is 0 Å². The minimum absolute atomic E-state index is 0.513. The summed E-state index contributed by atoms with van der Waals surface area (Å²) in [7, 11) is 0. The van der Waals surface area contributed by atoms with E-state index in [0.717, 1.165) is 30.2 Å². The van der Waals surface area contributed by atoms with E-state index in [0.29, 0.717) is 17.5 Å². The summed E-state index contributed by atoms with van der Waals surface area (Å²) in [5, 5.41) is 4.49. The van der Waals surface area contributed by atoms with Crippen molar-refractivity contribution < 1.29 is 0 Å². The Morgan fingerprint density at radius 2 is 2.00 bits per heavy atom. The highest BCUT2D eigenvalue weighted by molar-refractivity contribution is 5.70. The average Bonchev–Trinajstić information content (AvgIpc) is 2.86. The van der Waals surface area contributed by atoms with E-state index in [1.54, 1.807) is 11.0 Å². The fourth-order valence-electron chi connectivity index (χ4n) is 3.32. The van der Waals surface area contributed by atoms with Crippen molar-refractivity contribution in [3.63, 3.8) is 0 Å². The van der Waals surface area contributed by atoms with Crippen molar-refractivity contribution in [3.05, 3.63) is 23.8 Å². The third-order valence-electron chi connectivity index (χ3n) is 4.42. The van der Waals surface area contributed by atoms with Gasteiger partial charge in [0, 0.05) is 18.3 Å². The first-order chi connectivity index (χ1) is 10.6. The molecule has 22 heavy (non-hydrogen) atoms. The molecule has 1 aliphatic heterocycles. The zero-order valence-corrected chi connectivity index (χ0v) is 13.6. The van der Waals surface area contributed by atoms with Gasteiger partial charge in [0.05, 0.1) is 5.69 Å². The molecule has 0 aliphatic carbocycles. The molecule has 0 amide bonds. The number of nitrogens with zero attached hydrogens (tertiary/aromatic N) is 5. The Morgan fingerprint density at radius 3 is 2.68 bits per heavy atom.